The summed E-state index contributed by atoms with van der Waals surface area (Å²) in [6.45, 7) is 0. The Labute approximate surface area is 144 Å². The van der Waals surface area contributed by atoms with E-state index in [1.54, 1.807) is 12.1 Å². The fourth-order valence-corrected chi connectivity index (χ4v) is 3.72. The van der Waals surface area contributed by atoms with E-state index < -0.39 is 26.4 Å². The summed E-state index contributed by atoms with van der Waals surface area (Å²) in [6, 6.07) is 9.26. The Balaban J connectivity index is 2.15. The molecule has 24 heavy (non-hydrogen) atoms. The number of hydrogen-bond donors (Lipinski definition) is 0. The molecule has 1 aliphatic rings. The smallest absolute Gasteiger partial charge is 0.181 e. The SMILES string of the molecule is CS(=O)(=O)c1c(F)cc(C2=C(c3ccc(Cl)cc3)C=CC2)cc1F. The molecule has 0 spiro atoms. The Morgan fingerprint density at radius 3 is 2.12 bits per heavy atom. The molecule has 2 aromatic carbocycles. The molecule has 0 fully saturated rings. The zero-order valence-corrected chi connectivity index (χ0v) is 14.3. The molecule has 0 bridgehead atoms. The van der Waals surface area contributed by atoms with Crippen LogP contribution in [-0.2, 0) is 9.84 Å². The molecule has 0 radical (unpaired) electrons. The van der Waals surface area contributed by atoms with Crippen LogP contribution in [-0.4, -0.2) is 14.7 Å². The van der Waals surface area contributed by atoms with Gasteiger partial charge in [0.2, 0.25) is 0 Å². The van der Waals surface area contributed by atoms with Gasteiger partial charge < -0.3 is 0 Å². The van der Waals surface area contributed by atoms with Crippen LogP contribution in [0.2, 0.25) is 5.02 Å². The van der Waals surface area contributed by atoms with E-state index in [0.717, 1.165) is 35.1 Å². The molecule has 0 saturated heterocycles. The Kier molecular flexibility index (Phi) is 4.32. The third-order valence-corrected chi connectivity index (χ3v) is 5.19. The maximum atomic E-state index is 14.2. The first-order valence-corrected chi connectivity index (χ1v) is 9.39. The second-order valence-corrected chi connectivity index (χ2v) is 7.94. The van der Waals surface area contributed by atoms with Gasteiger partial charge in [0.25, 0.3) is 0 Å². The molecule has 0 amide bonds. The number of hydrogen-bond acceptors (Lipinski definition) is 2. The van der Waals surface area contributed by atoms with Gasteiger partial charge in [0.05, 0.1) is 0 Å². The van der Waals surface area contributed by atoms with Gasteiger partial charge >= 0.3 is 0 Å². The van der Waals surface area contributed by atoms with Crippen LogP contribution in [0.3, 0.4) is 0 Å². The minimum Gasteiger partial charge on any atom is -0.224 e. The second-order valence-electron chi connectivity index (χ2n) is 5.55. The van der Waals surface area contributed by atoms with Crippen molar-refractivity contribution in [1.82, 2.24) is 0 Å². The van der Waals surface area contributed by atoms with Gasteiger partial charge in [0.15, 0.2) is 9.84 Å². The minimum absolute atomic E-state index is 0.326. The van der Waals surface area contributed by atoms with Crippen LogP contribution in [0.15, 0.2) is 53.4 Å². The monoisotopic (exact) mass is 366 g/mol. The van der Waals surface area contributed by atoms with Crippen molar-refractivity contribution in [1.29, 1.82) is 0 Å². The number of rotatable bonds is 3. The lowest BCUT2D eigenvalue weighted by atomic mass is 9.96. The lowest BCUT2D eigenvalue weighted by molar-refractivity contribution is 0.520. The van der Waals surface area contributed by atoms with Crippen molar-refractivity contribution in [2.24, 2.45) is 0 Å². The molecule has 2 nitrogen and oxygen atoms in total. The number of allylic oxidation sites excluding steroid dienone is 4. The average Bonchev–Trinajstić information content (AvgIpc) is 2.95. The molecule has 6 heteroatoms. The highest BCUT2D eigenvalue weighted by Gasteiger charge is 2.23. The quantitative estimate of drug-likeness (QED) is 0.774. The predicted octanol–water partition coefficient (Wildman–Crippen LogP) is 4.89. The molecule has 2 aromatic rings. The normalized spacial score (nSPS) is 14.5. The average molecular weight is 367 g/mol. The van der Waals surface area contributed by atoms with Gasteiger partial charge in [-0.15, -0.1) is 0 Å². The van der Waals surface area contributed by atoms with E-state index in [1.807, 2.05) is 24.3 Å². The first-order chi connectivity index (χ1) is 11.3. The highest BCUT2D eigenvalue weighted by molar-refractivity contribution is 7.90. The molecule has 0 saturated carbocycles. The van der Waals surface area contributed by atoms with Crippen LogP contribution in [0.25, 0.3) is 11.1 Å². The van der Waals surface area contributed by atoms with Gasteiger partial charge in [-0.2, -0.15) is 0 Å². The first-order valence-electron chi connectivity index (χ1n) is 7.12. The molecule has 0 aromatic heterocycles. The first kappa shape index (κ1) is 16.9. The summed E-state index contributed by atoms with van der Waals surface area (Å²) in [4.78, 5) is -0.897. The topological polar surface area (TPSA) is 34.1 Å². The van der Waals surface area contributed by atoms with E-state index in [4.69, 9.17) is 11.6 Å². The van der Waals surface area contributed by atoms with Gasteiger partial charge in [0.1, 0.15) is 16.5 Å². The Morgan fingerprint density at radius 1 is 1.00 bits per heavy atom. The van der Waals surface area contributed by atoms with Gasteiger partial charge in [-0.05, 0) is 53.0 Å². The summed E-state index contributed by atoms with van der Waals surface area (Å²) in [5.41, 5.74) is 2.76. The van der Waals surface area contributed by atoms with Crippen molar-refractivity contribution in [3.63, 3.8) is 0 Å². The summed E-state index contributed by atoms with van der Waals surface area (Å²) in [5, 5.41) is 0.595. The van der Waals surface area contributed by atoms with E-state index in [0.29, 0.717) is 17.0 Å². The van der Waals surface area contributed by atoms with Crippen molar-refractivity contribution < 1.29 is 17.2 Å². The number of halogens is 3. The second kappa shape index (κ2) is 6.15. The zero-order valence-electron chi connectivity index (χ0n) is 12.7. The third kappa shape index (κ3) is 3.14. The van der Waals surface area contributed by atoms with Crippen LogP contribution in [0.5, 0.6) is 0 Å². The molecule has 3 rings (SSSR count). The van der Waals surface area contributed by atoms with E-state index in [2.05, 4.69) is 0 Å². The molecular weight excluding hydrogens is 354 g/mol. The van der Waals surface area contributed by atoms with Crippen LogP contribution in [0.4, 0.5) is 8.78 Å². The van der Waals surface area contributed by atoms with Crippen molar-refractivity contribution in [2.75, 3.05) is 6.26 Å². The molecule has 0 aliphatic heterocycles. The fraction of sp³-hybridized carbons (Fsp3) is 0.111. The molecule has 0 unspecified atom stereocenters. The van der Waals surface area contributed by atoms with Crippen LogP contribution in [0.1, 0.15) is 17.5 Å². The van der Waals surface area contributed by atoms with Crippen molar-refractivity contribution in [3.05, 3.63) is 76.3 Å². The number of benzene rings is 2. The van der Waals surface area contributed by atoms with Crippen LogP contribution in [0, 0.1) is 11.6 Å². The molecule has 0 heterocycles. The van der Waals surface area contributed by atoms with Crippen molar-refractivity contribution in [2.45, 2.75) is 11.3 Å². The highest BCUT2D eigenvalue weighted by atomic mass is 35.5. The predicted molar refractivity (Wildman–Crippen MR) is 91.5 cm³/mol. The summed E-state index contributed by atoms with van der Waals surface area (Å²) in [5.74, 6) is -2.16. The third-order valence-electron chi connectivity index (χ3n) is 3.80. The van der Waals surface area contributed by atoms with Crippen LogP contribution < -0.4 is 0 Å². The molecule has 0 N–H and O–H groups in total. The summed E-state index contributed by atoms with van der Waals surface area (Å²) < 4.78 is 51.3. The molecule has 0 atom stereocenters. The van der Waals surface area contributed by atoms with Gasteiger partial charge in [0, 0.05) is 11.3 Å². The van der Waals surface area contributed by atoms with Gasteiger partial charge in [-0.1, -0.05) is 35.9 Å². The van der Waals surface area contributed by atoms with Crippen molar-refractivity contribution >= 4 is 32.6 Å². The number of sulfone groups is 1. The minimum atomic E-state index is -3.97. The van der Waals surface area contributed by atoms with Gasteiger partial charge in [-0.3, -0.25) is 0 Å². The van der Waals surface area contributed by atoms with Gasteiger partial charge in [-0.25, -0.2) is 17.2 Å². The standard InChI is InChI=1S/C18H13ClF2O2S/c1-24(22,23)18-16(20)9-12(10-17(18)21)15-4-2-3-14(15)11-5-7-13(19)8-6-11/h2-3,5-10H,4H2,1H3. The van der Waals surface area contributed by atoms with E-state index in [-0.39, 0.29) is 0 Å². The summed E-state index contributed by atoms with van der Waals surface area (Å²) >= 11 is 5.88. The Morgan fingerprint density at radius 2 is 1.58 bits per heavy atom. The molecule has 124 valence electrons. The zero-order chi connectivity index (χ0) is 17.5. The maximum absolute atomic E-state index is 14.2. The van der Waals surface area contributed by atoms with E-state index >= 15 is 0 Å². The summed E-state index contributed by atoms with van der Waals surface area (Å²) in [7, 11) is -3.97. The Hall–Kier alpha value is -1.98. The van der Waals surface area contributed by atoms with Crippen molar-refractivity contribution in [3.8, 4) is 0 Å². The highest BCUT2D eigenvalue weighted by Crippen LogP contribution is 2.37. The maximum Gasteiger partial charge on any atom is 0.181 e. The van der Waals surface area contributed by atoms with Crippen LogP contribution >= 0.6 is 11.6 Å². The largest absolute Gasteiger partial charge is 0.224 e. The Bertz CT molecular complexity index is 952. The van der Waals surface area contributed by atoms with E-state index in [9.17, 15) is 17.2 Å². The molecule has 1 aliphatic carbocycles. The fourth-order valence-electron chi connectivity index (χ4n) is 2.77. The van der Waals surface area contributed by atoms with E-state index in [1.165, 1.54) is 0 Å². The lowest BCUT2D eigenvalue weighted by Crippen LogP contribution is -2.05. The lowest BCUT2D eigenvalue weighted by Gasteiger charge is -2.11. The molecular formula is C18H13ClF2O2S. The summed E-state index contributed by atoms with van der Waals surface area (Å²) in [6.07, 6.45) is 5.05.